The van der Waals surface area contributed by atoms with Crippen molar-refractivity contribution in [3.63, 3.8) is 0 Å². The molecule has 0 amide bonds. The Kier molecular flexibility index (Phi) is 5.54. The molecule has 2 rings (SSSR count). The van der Waals surface area contributed by atoms with E-state index < -0.39 is 0 Å². The topological polar surface area (TPSA) is 24.9 Å². The van der Waals surface area contributed by atoms with Crippen LogP contribution >= 0.6 is 11.3 Å². The van der Waals surface area contributed by atoms with E-state index in [1.165, 1.54) is 16.0 Å². The third-order valence-corrected chi connectivity index (χ3v) is 4.73. The van der Waals surface area contributed by atoms with Gasteiger partial charge in [0.05, 0.1) is 6.04 Å². The predicted octanol–water partition coefficient (Wildman–Crippen LogP) is 5.06. The quantitative estimate of drug-likeness (QED) is 0.806. The number of aryl methyl sites for hydroxylation is 1. The van der Waals surface area contributed by atoms with Gasteiger partial charge in [0.2, 0.25) is 0 Å². The molecule has 2 unspecified atom stereocenters. The van der Waals surface area contributed by atoms with Gasteiger partial charge in [-0.3, -0.25) is 0 Å². The molecule has 2 nitrogen and oxygen atoms in total. The van der Waals surface area contributed by atoms with Crippen LogP contribution in [-0.4, -0.2) is 4.98 Å². The van der Waals surface area contributed by atoms with Crippen molar-refractivity contribution in [2.45, 2.75) is 53.1 Å². The molecule has 3 heteroatoms. The molecule has 0 radical (unpaired) electrons. The lowest BCUT2D eigenvalue weighted by Crippen LogP contribution is -2.22. The maximum atomic E-state index is 4.47. The molecule has 0 aliphatic heterocycles. The Morgan fingerprint density at radius 2 is 1.71 bits per heavy atom. The van der Waals surface area contributed by atoms with Gasteiger partial charge in [-0.2, -0.15) is 0 Å². The molecular formula is C18H26N2S. The molecule has 0 spiro atoms. The summed E-state index contributed by atoms with van der Waals surface area (Å²) in [4.78, 5) is 5.73. The minimum Gasteiger partial charge on any atom is -0.302 e. The second kappa shape index (κ2) is 7.19. The zero-order valence-corrected chi connectivity index (χ0v) is 14.5. The van der Waals surface area contributed by atoms with E-state index in [1.54, 1.807) is 11.3 Å². The highest BCUT2D eigenvalue weighted by Crippen LogP contribution is 2.23. The van der Waals surface area contributed by atoms with Gasteiger partial charge in [0, 0.05) is 17.1 Å². The molecule has 114 valence electrons. The minimum atomic E-state index is 0.286. The molecule has 0 saturated carbocycles. The van der Waals surface area contributed by atoms with Crippen molar-refractivity contribution < 1.29 is 0 Å². The van der Waals surface area contributed by atoms with Gasteiger partial charge in [0.25, 0.3) is 0 Å². The first-order valence-electron chi connectivity index (χ1n) is 7.73. The van der Waals surface area contributed by atoms with Crippen LogP contribution < -0.4 is 5.32 Å². The first-order chi connectivity index (χ1) is 9.95. The number of aromatic nitrogens is 1. The summed E-state index contributed by atoms with van der Waals surface area (Å²) in [6, 6.07) is 9.62. The molecule has 0 fully saturated rings. The lowest BCUT2D eigenvalue weighted by Gasteiger charge is -2.19. The zero-order valence-electron chi connectivity index (χ0n) is 13.7. The maximum absolute atomic E-state index is 4.47. The van der Waals surface area contributed by atoms with Crippen molar-refractivity contribution in [3.05, 3.63) is 51.5 Å². The largest absolute Gasteiger partial charge is 0.302 e. The van der Waals surface area contributed by atoms with E-state index in [9.17, 15) is 0 Å². The van der Waals surface area contributed by atoms with Crippen molar-refractivity contribution in [2.75, 3.05) is 0 Å². The van der Waals surface area contributed by atoms with E-state index >= 15 is 0 Å². The van der Waals surface area contributed by atoms with E-state index in [2.05, 4.69) is 69.2 Å². The molecule has 1 aromatic heterocycles. The Morgan fingerprint density at radius 3 is 2.24 bits per heavy atom. The molecular weight excluding hydrogens is 276 g/mol. The van der Waals surface area contributed by atoms with Crippen molar-refractivity contribution in [1.82, 2.24) is 10.3 Å². The first kappa shape index (κ1) is 16.2. The van der Waals surface area contributed by atoms with Crippen LogP contribution in [0.25, 0.3) is 0 Å². The highest BCUT2D eigenvalue weighted by Gasteiger charge is 2.13. The van der Waals surface area contributed by atoms with Crippen molar-refractivity contribution in [1.29, 1.82) is 0 Å². The number of benzene rings is 1. The predicted molar refractivity (Wildman–Crippen MR) is 91.8 cm³/mol. The summed E-state index contributed by atoms with van der Waals surface area (Å²) in [6.45, 7) is 11.0. The van der Waals surface area contributed by atoms with Gasteiger partial charge in [0.15, 0.2) is 0 Å². The maximum Gasteiger partial charge on any atom is 0.109 e. The van der Waals surface area contributed by atoms with Gasteiger partial charge >= 0.3 is 0 Å². The Balaban J connectivity index is 1.98. The van der Waals surface area contributed by atoms with Crippen molar-refractivity contribution in [2.24, 2.45) is 5.92 Å². The monoisotopic (exact) mass is 302 g/mol. The first-order valence-corrected chi connectivity index (χ1v) is 8.54. The van der Waals surface area contributed by atoms with Gasteiger partial charge in [-0.05, 0) is 44.2 Å². The van der Waals surface area contributed by atoms with Crippen LogP contribution in [0.15, 0.2) is 30.5 Å². The molecule has 1 N–H and O–H groups in total. The summed E-state index contributed by atoms with van der Waals surface area (Å²) in [5, 5.41) is 4.80. The highest BCUT2D eigenvalue weighted by atomic mass is 32.1. The van der Waals surface area contributed by atoms with Gasteiger partial charge in [-0.25, -0.2) is 4.98 Å². The van der Waals surface area contributed by atoms with Crippen molar-refractivity contribution >= 4 is 11.3 Å². The van der Waals surface area contributed by atoms with Gasteiger partial charge in [0.1, 0.15) is 5.01 Å². The number of nitrogens with one attached hydrogen (secondary N) is 1. The zero-order chi connectivity index (χ0) is 15.4. The van der Waals surface area contributed by atoms with E-state index in [-0.39, 0.29) is 6.04 Å². The van der Waals surface area contributed by atoms with Crippen LogP contribution in [-0.2, 0) is 6.42 Å². The molecule has 0 aliphatic rings. The fraction of sp³-hybridized carbons (Fsp3) is 0.500. The third kappa shape index (κ3) is 4.65. The molecule has 2 atom stereocenters. The molecule has 0 bridgehead atoms. The summed E-state index contributed by atoms with van der Waals surface area (Å²) in [5.74, 6) is 0.708. The normalized spacial score (nSPS) is 14.4. The van der Waals surface area contributed by atoms with E-state index in [0.717, 1.165) is 11.4 Å². The van der Waals surface area contributed by atoms with Crippen LogP contribution in [0, 0.1) is 12.8 Å². The molecule has 0 aliphatic carbocycles. The average Bonchev–Trinajstić information content (AvgIpc) is 2.85. The van der Waals surface area contributed by atoms with Gasteiger partial charge in [-0.15, -0.1) is 11.3 Å². The summed E-state index contributed by atoms with van der Waals surface area (Å²) in [5.41, 5.74) is 2.76. The lowest BCUT2D eigenvalue weighted by molar-refractivity contribution is 0.493. The molecule has 2 aromatic rings. The Bertz CT molecular complexity index is 557. The summed E-state index contributed by atoms with van der Waals surface area (Å²) in [6.07, 6.45) is 3.10. The van der Waals surface area contributed by atoms with E-state index in [4.69, 9.17) is 0 Å². The number of hydrogen-bond acceptors (Lipinski definition) is 3. The number of nitrogens with zero attached hydrogens (tertiary/aromatic N) is 1. The second-order valence-corrected chi connectivity index (χ2v) is 7.53. The third-order valence-electron chi connectivity index (χ3n) is 3.63. The molecule has 0 saturated heterocycles. The van der Waals surface area contributed by atoms with E-state index in [1.807, 2.05) is 6.20 Å². The van der Waals surface area contributed by atoms with Crippen LogP contribution in [0.4, 0.5) is 0 Å². The number of thiazole rings is 1. The van der Waals surface area contributed by atoms with E-state index in [0.29, 0.717) is 12.0 Å². The summed E-state index contributed by atoms with van der Waals surface area (Å²) >= 11 is 1.77. The molecule has 1 heterocycles. The lowest BCUT2D eigenvalue weighted by atomic mass is 10.00. The van der Waals surface area contributed by atoms with Crippen molar-refractivity contribution in [3.8, 4) is 0 Å². The molecule has 1 aromatic carbocycles. The average molecular weight is 302 g/mol. The highest BCUT2D eigenvalue weighted by molar-refractivity contribution is 7.11. The smallest absolute Gasteiger partial charge is 0.109 e. The standard InChI is InChI=1S/C18H26N2S/c1-12(2)10-16-6-8-17(9-7-16)14(4)20-15(5)18-19-11-13(3)21-18/h6-9,11-12,14-15,20H,10H2,1-5H3. The molecule has 21 heavy (non-hydrogen) atoms. The Labute approximate surface area is 132 Å². The van der Waals surface area contributed by atoms with Crippen LogP contribution in [0.2, 0.25) is 0 Å². The summed E-state index contributed by atoms with van der Waals surface area (Å²) in [7, 11) is 0. The van der Waals surface area contributed by atoms with Gasteiger partial charge < -0.3 is 5.32 Å². The second-order valence-electron chi connectivity index (χ2n) is 6.26. The number of hydrogen-bond donors (Lipinski definition) is 1. The fourth-order valence-corrected chi connectivity index (χ4v) is 3.31. The fourth-order valence-electron chi connectivity index (χ4n) is 2.53. The number of rotatable bonds is 6. The SMILES string of the molecule is Cc1cnc(C(C)NC(C)c2ccc(CC(C)C)cc2)s1. The summed E-state index contributed by atoms with van der Waals surface area (Å²) < 4.78 is 0. The Hall–Kier alpha value is -1.19. The minimum absolute atomic E-state index is 0.286. The Morgan fingerprint density at radius 1 is 1.05 bits per heavy atom. The van der Waals surface area contributed by atoms with Gasteiger partial charge in [-0.1, -0.05) is 38.1 Å². The van der Waals surface area contributed by atoms with Crippen LogP contribution in [0.5, 0.6) is 0 Å². The van der Waals surface area contributed by atoms with Crippen LogP contribution in [0.1, 0.15) is 60.8 Å². The van der Waals surface area contributed by atoms with Crippen LogP contribution in [0.3, 0.4) is 0 Å².